The number of rotatable bonds is 7. The summed E-state index contributed by atoms with van der Waals surface area (Å²) in [5, 5.41) is 0. The summed E-state index contributed by atoms with van der Waals surface area (Å²) in [5.74, 6) is -0.495. The van der Waals surface area contributed by atoms with E-state index in [2.05, 4.69) is 6.58 Å². The highest BCUT2D eigenvalue weighted by molar-refractivity contribution is 7.69. The molecule has 0 fully saturated rings. The first kappa shape index (κ1) is 17.2. The molecule has 0 radical (unpaired) electrons. The molecule has 0 aromatic heterocycles. The third-order valence-corrected chi connectivity index (χ3v) is 3.56. The van der Waals surface area contributed by atoms with E-state index in [1.54, 1.807) is 13.8 Å². The maximum Gasteiger partial charge on any atom is 0.333 e. The number of nitrogens with zero attached hydrogens (tertiary/aromatic N) is 1. The van der Waals surface area contributed by atoms with E-state index in [1.165, 1.54) is 0 Å². The van der Waals surface area contributed by atoms with E-state index in [0.29, 0.717) is 10.1 Å². The quantitative estimate of drug-likeness (QED) is 0.327. The van der Waals surface area contributed by atoms with Gasteiger partial charge in [-0.2, -0.15) is 0 Å². The Hall–Kier alpha value is -0.770. The number of carbonyl (C=O) groups is 2. The summed E-state index contributed by atoms with van der Waals surface area (Å²) in [6.45, 7) is 6.95. The van der Waals surface area contributed by atoms with Gasteiger partial charge in [-0.15, -0.1) is 0 Å². The molecule has 104 valence electrons. The SMILES string of the molecule is C=C(C)C(=O)OC(C)CP(O)C(=O)C[N+](C)(C)C. The fourth-order valence-corrected chi connectivity index (χ4v) is 2.51. The molecule has 0 aromatic carbocycles. The van der Waals surface area contributed by atoms with Gasteiger partial charge in [0.1, 0.15) is 20.8 Å². The molecule has 0 spiro atoms. The Morgan fingerprint density at radius 1 is 1.39 bits per heavy atom. The molecule has 0 saturated heterocycles. The molecule has 6 heteroatoms. The van der Waals surface area contributed by atoms with Gasteiger partial charge in [-0.1, -0.05) is 6.58 Å². The van der Waals surface area contributed by atoms with Crippen LogP contribution in [0, 0.1) is 0 Å². The number of hydrogen-bond donors (Lipinski definition) is 1. The topological polar surface area (TPSA) is 63.6 Å². The number of carbonyl (C=O) groups excluding carboxylic acids is 2. The molecule has 0 bridgehead atoms. The zero-order valence-electron chi connectivity index (χ0n) is 11.8. The molecule has 2 unspecified atom stereocenters. The summed E-state index contributed by atoms with van der Waals surface area (Å²) < 4.78 is 5.49. The van der Waals surface area contributed by atoms with Gasteiger partial charge in [-0.05, 0) is 13.8 Å². The van der Waals surface area contributed by atoms with Crippen LogP contribution in [0.5, 0.6) is 0 Å². The van der Waals surface area contributed by atoms with Crippen LogP contribution in [0.2, 0.25) is 0 Å². The molecule has 5 nitrogen and oxygen atoms in total. The molecule has 0 heterocycles. The Kier molecular flexibility index (Phi) is 6.68. The summed E-state index contributed by atoms with van der Waals surface area (Å²) >= 11 is 0. The second-order valence-corrected chi connectivity index (χ2v) is 7.08. The first-order valence-electron chi connectivity index (χ1n) is 5.69. The minimum Gasteiger partial charge on any atom is -0.459 e. The van der Waals surface area contributed by atoms with Crippen molar-refractivity contribution in [2.24, 2.45) is 0 Å². The number of quaternary nitrogens is 1. The number of esters is 1. The third-order valence-electron chi connectivity index (χ3n) is 1.98. The maximum atomic E-state index is 11.7. The monoisotopic (exact) mass is 276 g/mol. The molecule has 0 aliphatic heterocycles. The summed E-state index contributed by atoms with van der Waals surface area (Å²) in [5.41, 5.74) is 0.123. The third kappa shape index (κ3) is 7.54. The van der Waals surface area contributed by atoms with E-state index in [-0.39, 0.29) is 18.2 Å². The number of ether oxygens (including phenoxy) is 1. The Morgan fingerprint density at radius 3 is 2.28 bits per heavy atom. The van der Waals surface area contributed by atoms with Gasteiger partial charge in [-0.3, -0.25) is 4.79 Å². The van der Waals surface area contributed by atoms with Crippen LogP contribution in [0.15, 0.2) is 12.2 Å². The average Bonchev–Trinajstić information content (AvgIpc) is 2.14. The molecule has 1 N–H and O–H groups in total. The van der Waals surface area contributed by atoms with Crippen molar-refractivity contribution in [3.05, 3.63) is 12.2 Å². The molecule has 2 atom stereocenters. The Morgan fingerprint density at radius 2 is 1.89 bits per heavy atom. The van der Waals surface area contributed by atoms with Crippen molar-refractivity contribution in [1.82, 2.24) is 0 Å². The normalized spacial score (nSPS) is 14.8. The van der Waals surface area contributed by atoms with Crippen LogP contribution in [0.25, 0.3) is 0 Å². The van der Waals surface area contributed by atoms with Gasteiger partial charge in [-0.25, -0.2) is 4.79 Å². The zero-order chi connectivity index (χ0) is 14.5. The van der Waals surface area contributed by atoms with Crippen LogP contribution in [-0.4, -0.2) is 60.8 Å². The zero-order valence-corrected chi connectivity index (χ0v) is 12.7. The van der Waals surface area contributed by atoms with Gasteiger partial charge in [0.25, 0.3) is 0 Å². The average molecular weight is 276 g/mol. The summed E-state index contributed by atoms with van der Waals surface area (Å²) in [7, 11) is 3.88. The van der Waals surface area contributed by atoms with E-state index in [4.69, 9.17) is 4.74 Å². The van der Waals surface area contributed by atoms with Gasteiger partial charge in [0.2, 0.25) is 5.52 Å². The van der Waals surface area contributed by atoms with E-state index in [9.17, 15) is 14.5 Å². The van der Waals surface area contributed by atoms with Crippen molar-refractivity contribution in [3.63, 3.8) is 0 Å². The van der Waals surface area contributed by atoms with E-state index >= 15 is 0 Å². The highest BCUT2D eigenvalue weighted by Gasteiger charge is 2.25. The van der Waals surface area contributed by atoms with Crippen LogP contribution in [0.4, 0.5) is 0 Å². The maximum absolute atomic E-state index is 11.7. The van der Waals surface area contributed by atoms with Crippen LogP contribution in [0.3, 0.4) is 0 Å². The van der Waals surface area contributed by atoms with E-state index in [1.807, 2.05) is 21.1 Å². The molecule has 0 rings (SSSR count). The molecule has 0 aliphatic rings. The molecule has 0 aliphatic carbocycles. The Bertz CT molecular complexity index is 335. The van der Waals surface area contributed by atoms with Crippen molar-refractivity contribution in [2.75, 3.05) is 33.8 Å². The standard InChI is InChI=1S/C12H23NO4P/c1-9(2)12(15)17-10(3)8-18(16)11(14)7-13(4,5)6/h10,16H,1,7-8H2,2-6H3/q+1. The van der Waals surface area contributed by atoms with Crippen molar-refractivity contribution in [3.8, 4) is 0 Å². The van der Waals surface area contributed by atoms with Gasteiger partial charge in [0.05, 0.1) is 21.1 Å². The second kappa shape index (κ2) is 6.98. The molecular weight excluding hydrogens is 253 g/mol. The molecule has 0 amide bonds. The van der Waals surface area contributed by atoms with Gasteiger partial charge >= 0.3 is 5.97 Å². The van der Waals surface area contributed by atoms with Crippen LogP contribution in [0.1, 0.15) is 13.8 Å². The van der Waals surface area contributed by atoms with Crippen LogP contribution >= 0.6 is 8.15 Å². The smallest absolute Gasteiger partial charge is 0.333 e. The van der Waals surface area contributed by atoms with Crippen molar-refractivity contribution in [2.45, 2.75) is 20.0 Å². The highest BCUT2D eigenvalue weighted by Crippen LogP contribution is 2.33. The summed E-state index contributed by atoms with van der Waals surface area (Å²) in [6, 6.07) is 0. The summed E-state index contributed by atoms with van der Waals surface area (Å²) in [6.07, 6.45) is -0.311. The van der Waals surface area contributed by atoms with Gasteiger partial charge in [0.15, 0.2) is 0 Å². The van der Waals surface area contributed by atoms with Crippen molar-refractivity contribution in [1.29, 1.82) is 0 Å². The molecule has 0 aromatic rings. The number of likely N-dealkylation sites (N-methyl/N-ethyl adjacent to an activating group) is 1. The predicted octanol–water partition coefficient (Wildman–Crippen LogP) is 1.12. The van der Waals surface area contributed by atoms with Gasteiger partial charge < -0.3 is 14.1 Å². The fourth-order valence-electron chi connectivity index (χ4n) is 1.15. The first-order valence-corrected chi connectivity index (χ1v) is 7.17. The Labute approximate surface area is 110 Å². The van der Waals surface area contributed by atoms with Gasteiger partial charge in [0, 0.05) is 11.7 Å². The van der Waals surface area contributed by atoms with E-state index in [0.717, 1.165) is 0 Å². The summed E-state index contributed by atoms with van der Waals surface area (Å²) in [4.78, 5) is 32.8. The lowest BCUT2D eigenvalue weighted by atomic mass is 10.3. The number of hydrogen-bond acceptors (Lipinski definition) is 4. The highest BCUT2D eigenvalue weighted by atomic mass is 31.1. The molecule has 0 saturated carbocycles. The minimum atomic E-state index is -1.76. The minimum absolute atomic E-state index is 0.174. The van der Waals surface area contributed by atoms with Crippen molar-refractivity contribution < 1.29 is 23.7 Å². The van der Waals surface area contributed by atoms with Crippen molar-refractivity contribution >= 4 is 19.6 Å². The van der Waals surface area contributed by atoms with E-state index < -0.39 is 20.2 Å². The first-order chi connectivity index (χ1) is 8.03. The molecule has 18 heavy (non-hydrogen) atoms. The lowest BCUT2D eigenvalue weighted by Gasteiger charge is -2.24. The predicted molar refractivity (Wildman–Crippen MR) is 72.3 cm³/mol. The lowest BCUT2D eigenvalue weighted by molar-refractivity contribution is -0.861. The molecular formula is C12H23NO4P+. The second-order valence-electron chi connectivity index (χ2n) is 5.42. The Balaban J connectivity index is 4.23. The fraction of sp³-hybridized carbons (Fsp3) is 0.667. The van der Waals surface area contributed by atoms with Crippen LogP contribution < -0.4 is 0 Å². The lowest BCUT2D eigenvalue weighted by Crippen LogP contribution is -2.39. The largest absolute Gasteiger partial charge is 0.459 e. The van der Waals surface area contributed by atoms with Crippen LogP contribution in [-0.2, 0) is 14.3 Å².